The summed E-state index contributed by atoms with van der Waals surface area (Å²) in [7, 11) is 0. The molecule has 6 aliphatic rings. The lowest BCUT2D eigenvalue weighted by Crippen LogP contribution is -2.49. The third-order valence-corrected chi connectivity index (χ3v) is 24.6. The molecule has 3 nitrogen and oxygen atoms in total. The molecule has 3 heteroatoms. The Morgan fingerprint density at radius 3 is 1.17 bits per heavy atom. The molecule has 3 aliphatic heterocycles. The van der Waals surface area contributed by atoms with Crippen molar-refractivity contribution >= 4 is 66.4 Å². The van der Waals surface area contributed by atoms with Crippen LogP contribution in [0.1, 0.15) is 175 Å². The van der Waals surface area contributed by atoms with E-state index in [0.717, 1.165) is 0 Å². The Morgan fingerprint density at radius 1 is 0.341 bits per heavy atom. The Labute approximate surface area is 525 Å². The van der Waals surface area contributed by atoms with Crippen LogP contribution in [-0.2, 0) is 0 Å². The normalized spacial score (nSPS) is 26.8. The van der Waals surface area contributed by atoms with Crippen LogP contribution in [0.25, 0.3) is 65.7 Å². The third kappa shape index (κ3) is 8.32. The quantitative estimate of drug-likeness (QED) is 0.154. The molecule has 0 aromatic heterocycles. The first-order valence-electron chi connectivity index (χ1n) is 33.9. The molecule has 0 radical (unpaired) electrons. The number of para-hydroxylation sites is 3. The van der Waals surface area contributed by atoms with E-state index in [0.29, 0.717) is 35.5 Å². The van der Waals surface area contributed by atoms with E-state index in [9.17, 15) is 0 Å². The van der Waals surface area contributed by atoms with Gasteiger partial charge in [-0.3, -0.25) is 0 Å². The van der Waals surface area contributed by atoms with Crippen LogP contribution in [0.2, 0.25) is 0 Å². The van der Waals surface area contributed by atoms with Crippen LogP contribution < -0.4 is 14.7 Å². The maximum absolute atomic E-state index is 2.76. The smallest absolute Gasteiger partial charge is 0.0495 e. The first-order chi connectivity index (χ1) is 42.1. The van der Waals surface area contributed by atoms with Gasteiger partial charge in [0.1, 0.15) is 0 Å². The SMILES string of the molecule is CC(C)(C)C1CCC2(C)C(C1)c1cc(-c3ccc4ccc5c(-c6ccc7c(c6)C6CC(C(C)(C)C)CCC6(C)N7c6ccccc6)cc(-c6ccc7c(c6)C6CCC(C(C)(C)C)CC6(C)N7c6ccccc6)c6ccc3c4c56)ccc1N2c1ccccc1. The van der Waals surface area contributed by atoms with Crippen molar-refractivity contribution in [1.29, 1.82) is 0 Å². The van der Waals surface area contributed by atoms with Gasteiger partial charge in [-0.05, 0) is 274 Å². The Hall–Kier alpha value is -7.36. The maximum Gasteiger partial charge on any atom is 0.0495 e. The molecule has 16 rings (SSSR count). The van der Waals surface area contributed by atoms with Gasteiger partial charge in [-0.2, -0.15) is 0 Å². The Morgan fingerprint density at radius 2 is 0.727 bits per heavy atom. The molecule has 0 saturated heterocycles. The highest BCUT2D eigenvalue weighted by atomic mass is 15.3. The number of benzene rings is 10. The van der Waals surface area contributed by atoms with Gasteiger partial charge >= 0.3 is 0 Å². The number of anilines is 6. The summed E-state index contributed by atoms with van der Waals surface area (Å²) in [4.78, 5) is 8.23. The second-order valence-electron chi connectivity index (χ2n) is 32.4. The number of hydrogen-bond acceptors (Lipinski definition) is 3. The predicted molar refractivity (Wildman–Crippen MR) is 376 cm³/mol. The van der Waals surface area contributed by atoms with E-state index in [1.807, 2.05) is 0 Å². The van der Waals surface area contributed by atoms with Gasteiger partial charge in [0.15, 0.2) is 0 Å². The van der Waals surface area contributed by atoms with Crippen molar-refractivity contribution in [2.75, 3.05) is 14.7 Å². The van der Waals surface area contributed by atoms with Crippen molar-refractivity contribution in [3.8, 4) is 33.4 Å². The zero-order chi connectivity index (χ0) is 60.6. The van der Waals surface area contributed by atoms with Gasteiger partial charge in [-0.1, -0.05) is 172 Å². The molecule has 446 valence electrons. The molecule has 10 aromatic carbocycles. The van der Waals surface area contributed by atoms with Crippen LogP contribution in [0.15, 0.2) is 188 Å². The summed E-state index contributed by atoms with van der Waals surface area (Å²) in [6, 6.07) is 74.3. The van der Waals surface area contributed by atoms with Crippen LogP contribution in [-0.4, -0.2) is 16.6 Å². The molecule has 3 aliphatic carbocycles. The second kappa shape index (κ2) is 19.6. The van der Waals surface area contributed by atoms with Crippen LogP contribution in [0.3, 0.4) is 0 Å². The van der Waals surface area contributed by atoms with E-state index >= 15 is 0 Å². The Balaban J connectivity index is 0.909. The van der Waals surface area contributed by atoms with Crippen LogP contribution in [0.4, 0.5) is 34.1 Å². The summed E-state index contributed by atoms with van der Waals surface area (Å²) in [6.45, 7) is 30.0. The minimum absolute atomic E-state index is 0.00264. The fourth-order valence-electron chi connectivity index (χ4n) is 19.6. The van der Waals surface area contributed by atoms with E-state index < -0.39 is 0 Å². The number of fused-ring (bicyclic) bond motifs is 9. The summed E-state index contributed by atoms with van der Waals surface area (Å²) in [6.07, 6.45) is 10.9. The van der Waals surface area contributed by atoms with Gasteiger partial charge in [0, 0.05) is 68.5 Å². The molecule has 0 amide bonds. The average Bonchev–Trinajstić information content (AvgIpc) is 1.22. The molecule has 9 unspecified atom stereocenters. The molecule has 3 fully saturated rings. The van der Waals surface area contributed by atoms with Crippen molar-refractivity contribution in [2.24, 2.45) is 34.0 Å². The molecular formula is C85H91N3. The second-order valence-corrected chi connectivity index (χ2v) is 32.4. The molecule has 0 bridgehead atoms. The largest absolute Gasteiger partial charge is 0.335 e. The summed E-state index contributed by atoms with van der Waals surface area (Å²) < 4.78 is 0. The van der Waals surface area contributed by atoms with Gasteiger partial charge in [0.2, 0.25) is 0 Å². The van der Waals surface area contributed by atoms with Crippen molar-refractivity contribution in [3.05, 3.63) is 205 Å². The predicted octanol–water partition coefficient (Wildman–Crippen LogP) is 24.1. The average molecular weight is 1150 g/mol. The Bertz CT molecular complexity index is 4370. The molecule has 88 heavy (non-hydrogen) atoms. The minimum Gasteiger partial charge on any atom is -0.335 e. The Kier molecular flexibility index (Phi) is 12.4. The lowest BCUT2D eigenvalue weighted by atomic mass is 9.62. The summed E-state index contributed by atoms with van der Waals surface area (Å²) in [5.74, 6) is 3.22. The fourth-order valence-corrected chi connectivity index (χ4v) is 19.6. The topological polar surface area (TPSA) is 9.72 Å². The van der Waals surface area contributed by atoms with Crippen molar-refractivity contribution in [1.82, 2.24) is 0 Å². The van der Waals surface area contributed by atoms with E-state index in [1.54, 1.807) is 0 Å². The highest BCUT2D eigenvalue weighted by Crippen LogP contribution is 2.65. The zero-order valence-corrected chi connectivity index (χ0v) is 54.6. The minimum atomic E-state index is -0.0400. The van der Waals surface area contributed by atoms with Crippen LogP contribution in [0, 0.1) is 34.0 Å². The highest BCUT2D eigenvalue weighted by molar-refractivity contribution is 6.30. The van der Waals surface area contributed by atoms with Crippen LogP contribution in [0.5, 0.6) is 0 Å². The van der Waals surface area contributed by atoms with Gasteiger partial charge in [-0.25, -0.2) is 0 Å². The lowest BCUT2D eigenvalue weighted by Gasteiger charge is -2.50. The molecule has 3 saturated carbocycles. The van der Waals surface area contributed by atoms with Gasteiger partial charge in [0.05, 0.1) is 0 Å². The van der Waals surface area contributed by atoms with E-state index in [4.69, 9.17) is 0 Å². The van der Waals surface area contributed by atoms with E-state index in [-0.39, 0.29) is 32.9 Å². The number of hydrogen-bond donors (Lipinski definition) is 0. The molecule has 9 atom stereocenters. The molecule has 3 heterocycles. The highest BCUT2D eigenvalue weighted by Gasteiger charge is 2.56. The molecular weight excluding hydrogens is 1060 g/mol. The van der Waals surface area contributed by atoms with Crippen LogP contribution >= 0.6 is 0 Å². The van der Waals surface area contributed by atoms with Gasteiger partial charge in [0.25, 0.3) is 0 Å². The summed E-state index contributed by atoms with van der Waals surface area (Å²) >= 11 is 0. The van der Waals surface area contributed by atoms with E-state index in [2.05, 4.69) is 286 Å². The van der Waals surface area contributed by atoms with Crippen molar-refractivity contribution < 1.29 is 0 Å². The molecule has 0 N–H and O–H groups in total. The van der Waals surface area contributed by atoms with Crippen molar-refractivity contribution in [3.63, 3.8) is 0 Å². The fraction of sp³-hybridized carbons (Fsp3) is 0.388. The molecule has 0 spiro atoms. The maximum atomic E-state index is 2.76. The zero-order valence-electron chi connectivity index (χ0n) is 54.6. The lowest BCUT2D eigenvalue weighted by molar-refractivity contribution is 0.120. The van der Waals surface area contributed by atoms with Crippen molar-refractivity contribution in [2.45, 2.75) is 175 Å². The number of rotatable bonds is 6. The monoisotopic (exact) mass is 1150 g/mol. The van der Waals surface area contributed by atoms with E-state index in [1.165, 1.54) is 174 Å². The third-order valence-electron chi connectivity index (χ3n) is 24.6. The first-order valence-corrected chi connectivity index (χ1v) is 33.9. The summed E-state index contributed by atoms with van der Waals surface area (Å²) in [5, 5.41) is 8.10. The van der Waals surface area contributed by atoms with Gasteiger partial charge in [-0.15, -0.1) is 0 Å². The van der Waals surface area contributed by atoms with Gasteiger partial charge < -0.3 is 14.7 Å². The summed E-state index contributed by atoms with van der Waals surface area (Å²) in [5.41, 5.74) is 21.3. The number of nitrogens with zero attached hydrogens (tertiary/aromatic N) is 3. The first kappa shape index (κ1) is 55.9. The standard InChI is InChI=1S/C85H91N3/c1-80(2,3)57-42-44-83(10)73(49-57)70-46-54(30-39-76(70)86(83)60-22-16-13-17-23-60)63-34-28-53-29-35-65-67(56-32-41-77-71(48-56)74-50-58(81(4,5)6)43-45-84(74,11)87(77)61-24-18-14-19-25-61)51-68(66-37-36-64(63)78(53)79(65)66)55-31-40-75-69(47-55)72-38-33-59(82(7,8)9)52-85(72,12)88(75)62-26-20-15-21-27-62/h13-32,34-37,39-41,46-48,51,57-59,72-74H,33,38,42-45,49-50,52H2,1-12H3. The molecule has 10 aromatic rings.